The fourth-order valence-electron chi connectivity index (χ4n) is 2.63. The molecule has 1 amide bonds. The van der Waals surface area contributed by atoms with Gasteiger partial charge in [-0.3, -0.25) is 4.79 Å². The van der Waals surface area contributed by atoms with E-state index in [1.54, 1.807) is 0 Å². The van der Waals surface area contributed by atoms with Crippen LogP contribution >= 0.6 is 0 Å². The average molecular weight is 257 g/mol. The van der Waals surface area contributed by atoms with Crippen LogP contribution in [0.25, 0.3) is 0 Å². The second-order valence-electron chi connectivity index (χ2n) is 4.97. The van der Waals surface area contributed by atoms with Crippen molar-refractivity contribution in [2.24, 2.45) is 5.92 Å². The molecule has 6 heteroatoms. The minimum atomic E-state index is -1.01. The lowest BCUT2D eigenvalue weighted by atomic mass is 9.86. The molecule has 2 rings (SSSR count). The van der Waals surface area contributed by atoms with Crippen molar-refractivity contribution < 1.29 is 24.5 Å². The van der Waals surface area contributed by atoms with Crippen LogP contribution < -0.4 is 0 Å². The van der Waals surface area contributed by atoms with Crippen LogP contribution in [0.3, 0.4) is 0 Å². The number of nitrogens with zero attached hydrogens (tertiary/aromatic N) is 1. The molecule has 0 aromatic heterocycles. The van der Waals surface area contributed by atoms with Crippen LogP contribution in [0.1, 0.15) is 25.7 Å². The van der Waals surface area contributed by atoms with E-state index in [9.17, 15) is 14.7 Å². The number of ether oxygens (including phenoxy) is 1. The molecule has 1 saturated heterocycles. The first-order chi connectivity index (χ1) is 8.59. The first kappa shape index (κ1) is 13.3. The number of aliphatic hydroxyl groups excluding tert-OH is 1. The van der Waals surface area contributed by atoms with Crippen molar-refractivity contribution in [3.05, 3.63) is 0 Å². The highest BCUT2D eigenvalue weighted by atomic mass is 16.5. The summed E-state index contributed by atoms with van der Waals surface area (Å²) in [5.74, 6) is -1.26. The summed E-state index contributed by atoms with van der Waals surface area (Å²) >= 11 is 0. The van der Waals surface area contributed by atoms with Crippen LogP contribution in [0.4, 0.5) is 0 Å². The third-order valence-electron chi connectivity index (χ3n) is 3.74. The lowest BCUT2D eigenvalue weighted by molar-refractivity contribution is -0.161. The monoisotopic (exact) mass is 257 g/mol. The van der Waals surface area contributed by atoms with E-state index in [1.165, 1.54) is 4.90 Å². The molecule has 1 aliphatic carbocycles. The number of carboxylic acid groups (broad SMARTS) is 1. The van der Waals surface area contributed by atoms with E-state index >= 15 is 0 Å². The molecule has 1 unspecified atom stereocenters. The predicted octanol–water partition coefficient (Wildman–Crippen LogP) is -0.151. The molecule has 0 aromatic carbocycles. The van der Waals surface area contributed by atoms with Gasteiger partial charge in [0.25, 0.3) is 0 Å². The molecule has 0 aromatic rings. The Bertz CT molecular complexity index is 324. The summed E-state index contributed by atoms with van der Waals surface area (Å²) in [4.78, 5) is 24.8. The molecule has 2 aliphatic rings. The van der Waals surface area contributed by atoms with Crippen molar-refractivity contribution in [2.45, 2.75) is 37.8 Å². The maximum atomic E-state index is 12.3. The third kappa shape index (κ3) is 2.81. The number of aliphatic carboxylic acids is 1. The highest BCUT2D eigenvalue weighted by Gasteiger charge is 2.37. The molecule has 2 N–H and O–H groups in total. The second-order valence-corrected chi connectivity index (χ2v) is 4.97. The van der Waals surface area contributed by atoms with Gasteiger partial charge in [-0.2, -0.15) is 0 Å². The Kier molecular flexibility index (Phi) is 4.19. The second kappa shape index (κ2) is 5.67. The lowest BCUT2D eigenvalue weighted by Gasteiger charge is -2.36. The molecule has 1 saturated carbocycles. The summed E-state index contributed by atoms with van der Waals surface area (Å²) in [5, 5.41) is 18.5. The van der Waals surface area contributed by atoms with Gasteiger partial charge in [0.05, 0.1) is 19.3 Å². The number of morpholine rings is 1. The van der Waals surface area contributed by atoms with E-state index in [1.807, 2.05) is 0 Å². The number of hydrogen-bond donors (Lipinski definition) is 2. The standard InChI is InChI=1S/C12H19NO5/c14-9-3-1-8(2-4-9)11(15)13-5-6-18-7-10(13)12(16)17/h8-10,14H,1-7H2,(H,16,17). The van der Waals surface area contributed by atoms with Crippen molar-refractivity contribution in [3.63, 3.8) is 0 Å². The number of aliphatic hydroxyl groups is 1. The summed E-state index contributed by atoms with van der Waals surface area (Å²) in [6, 6.07) is -0.863. The van der Waals surface area contributed by atoms with Crippen LogP contribution in [0.5, 0.6) is 0 Å². The summed E-state index contributed by atoms with van der Waals surface area (Å²) in [6.45, 7) is 0.802. The molecule has 18 heavy (non-hydrogen) atoms. The molecule has 1 atom stereocenters. The Morgan fingerprint density at radius 3 is 2.44 bits per heavy atom. The van der Waals surface area contributed by atoms with E-state index in [0.717, 1.165) is 0 Å². The van der Waals surface area contributed by atoms with Crippen LogP contribution in [0, 0.1) is 5.92 Å². The van der Waals surface area contributed by atoms with Gasteiger partial charge >= 0.3 is 5.97 Å². The summed E-state index contributed by atoms with van der Waals surface area (Å²) in [6.07, 6.45) is 2.22. The number of amides is 1. The lowest BCUT2D eigenvalue weighted by Crippen LogP contribution is -2.54. The molecule has 1 aliphatic heterocycles. The first-order valence-electron chi connectivity index (χ1n) is 6.38. The molecule has 102 valence electrons. The highest BCUT2D eigenvalue weighted by molar-refractivity contribution is 5.85. The summed E-state index contributed by atoms with van der Waals surface area (Å²) in [7, 11) is 0. The van der Waals surface area contributed by atoms with Gasteiger partial charge < -0.3 is 19.8 Å². The minimum Gasteiger partial charge on any atom is -0.480 e. The molecule has 0 spiro atoms. The van der Waals surface area contributed by atoms with Crippen molar-refractivity contribution in [3.8, 4) is 0 Å². The first-order valence-corrected chi connectivity index (χ1v) is 6.38. The van der Waals surface area contributed by atoms with Crippen molar-refractivity contribution >= 4 is 11.9 Å². The smallest absolute Gasteiger partial charge is 0.328 e. The minimum absolute atomic E-state index is 0.0659. The van der Waals surface area contributed by atoms with Crippen molar-refractivity contribution in [2.75, 3.05) is 19.8 Å². The number of carboxylic acids is 1. The van der Waals surface area contributed by atoms with Crippen LogP contribution in [0.2, 0.25) is 0 Å². The molecule has 0 radical (unpaired) electrons. The maximum Gasteiger partial charge on any atom is 0.328 e. The molecule has 6 nitrogen and oxygen atoms in total. The Hall–Kier alpha value is -1.14. The number of carbonyl (C=O) groups is 2. The van der Waals surface area contributed by atoms with E-state index in [0.29, 0.717) is 38.8 Å². The van der Waals surface area contributed by atoms with Gasteiger partial charge in [0.2, 0.25) is 5.91 Å². The Balaban J connectivity index is 2.00. The van der Waals surface area contributed by atoms with Crippen LogP contribution in [-0.4, -0.2) is 58.9 Å². The van der Waals surface area contributed by atoms with Crippen molar-refractivity contribution in [1.29, 1.82) is 0 Å². The SMILES string of the molecule is O=C(O)C1COCCN1C(=O)C1CCC(O)CC1. The summed E-state index contributed by atoms with van der Waals surface area (Å²) < 4.78 is 5.11. The molecule has 1 heterocycles. The number of hydrogen-bond acceptors (Lipinski definition) is 4. The predicted molar refractivity (Wildman–Crippen MR) is 61.9 cm³/mol. The van der Waals surface area contributed by atoms with Gasteiger partial charge in [-0.15, -0.1) is 0 Å². The maximum absolute atomic E-state index is 12.3. The zero-order valence-corrected chi connectivity index (χ0v) is 10.2. The normalized spacial score (nSPS) is 33.2. The topological polar surface area (TPSA) is 87.1 Å². The average Bonchev–Trinajstić information content (AvgIpc) is 2.39. The van der Waals surface area contributed by atoms with Gasteiger partial charge in [0.15, 0.2) is 6.04 Å². The van der Waals surface area contributed by atoms with Gasteiger partial charge in [0, 0.05) is 12.5 Å². The van der Waals surface area contributed by atoms with Gasteiger partial charge in [-0.25, -0.2) is 4.79 Å². The molecular formula is C12H19NO5. The van der Waals surface area contributed by atoms with Crippen molar-refractivity contribution in [1.82, 2.24) is 4.90 Å². The molecule has 2 fully saturated rings. The fraction of sp³-hybridized carbons (Fsp3) is 0.833. The summed E-state index contributed by atoms with van der Waals surface area (Å²) in [5.41, 5.74) is 0. The van der Waals surface area contributed by atoms with Gasteiger partial charge in [-0.1, -0.05) is 0 Å². The zero-order valence-electron chi connectivity index (χ0n) is 10.2. The molecular weight excluding hydrogens is 238 g/mol. The van der Waals surface area contributed by atoms with E-state index in [4.69, 9.17) is 9.84 Å². The van der Waals surface area contributed by atoms with Crippen LogP contribution in [-0.2, 0) is 14.3 Å². The zero-order chi connectivity index (χ0) is 13.1. The molecule has 0 bridgehead atoms. The van der Waals surface area contributed by atoms with E-state index in [2.05, 4.69) is 0 Å². The largest absolute Gasteiger partial charge is 0.480 e. The number of rotatable bonds is 2. The third-order valence-corrected chi connectivity index (χ3v) is 3.74. The Morgan fingerprint density at radius 2 is 1.83 bits per heavy atom. The quantitative estimate of drug-likeness (QED) is 0.718. The van der Waals surface area contributed by atoms with E-state index < -0.39 is 12.0 Å². The number of carbonyl (C=O) groups excluding carboxylic acids is 1. The highest BCUT2D eigenvalue weighted by Crippen LogP contribution is 2.27. The van der Waals surface area contributed by atoms with Gasteiger partial charge in [0.1, 0.15) is 0 Å². The van der Waals surface area contributed by atoms with Crippen LogP contribution in [0.15, 0.2) is 0 Å². The fourth-order valence-corrected chi connectivity index (χ4v) is 2.63. The Morgan fingerprint density at radius 1 is 1.17 bits per heavy atom. The Labute approximate surface area is 106 Å². The van der Waals surface area contributed by atoms with Gasteiger partial charge in [-0.05, 0) is 25.7 Å². The van der Waals surface area contributed by atoms with E-state index in [-0.39, 0.29) is 24.5 Å².